The van der Waals surface area contributed by atoms with Crippen molar-refractivity contribution >= 4 is 29.5 Å². The van der Waals surface area contributed by atoms with Crippen LogP contribution in [-0.4, -0.2) is 23.7 Å². The Bertz CT molecular complexity index is 779. The number of nitro groups is 1. The molecule has 0 aliphatic heterocycles. The SMILES string of the molecule is O=Cc1ccc(OCC(=O)NCc2cccc(Cl)c2)c([N+](=O)[O-])c1. The zero-order valence-corrected chi connectivity index (χ0v) is 13.2. The Hall–Kier alpha value is -2.93. The number of amides is 1. The van der Waals surface area contributed by atoms with E-state index < -0.39 is 10.8 Å². The van der Waals surface area contributed by atoms with Crippen molar-refractivity contribution in [2.45, 2.75) is 6.54 Å². The van der Waals surface area contributed by atoms with E-state index in [2.05, 4.69) is 5.32 Å². The third kappa shape index (κ3) is 4.79. The van der Waals surface area contributed by atoms with Gasteiger partial charge in [0.15, 0.2) is 12.4 Å². The van der Waals surface area contributed by atoms with Crippen LogP contribution in [0.15, 0.2) is 42.5 Å². The van der Waals surface area contributed by atoms with Gasteiger partial charge < -0.3 is 10.1 Å². The Morgan fingerprint density at radius 1 is 1.29 bits per heavy atom. The standard InChI is InChI=1S/C16H13ClN2O5/c17-13-3-1-2-11(6-13)8-18-16(21)10-24-15-5-4-12(9-20)7-14(15)19(22)23/h1-7,9H,8,10H2,(H,18,21). The van der Waals surface area contributed by atoms with Crippen molar-refractivity contribution in [1.82, 2.24) is 5.32 Å². The summed E-state index contributed by atoms with van der Waals surface area (Å²) >= 11 is 5.85. The van der Waals surface area contributed by atoms with E-state index in [1.165, 1.54) is 12.1 Å². The number of aldehydes is 1. The van der Waals surface area contributed by atoms with Crippen LogP contribution in [0.4, 0.5) is 5.69 Å². The van der Waals surface area contributed by atoms with E-state index >= 15 is 0 Å². The normalized spacial score (nSPS) is 10.0. The number of hydrogen-bond donors (Lipinski definition) is 1. The highest BCUT2D eigenvalue weighted by Crippen LogP contribution is 2.27. The van der Waals surface area contributed by atoms with E-state index in [0.717, 1.165) is 11.6 Å². The molecule has 0 heterocycles. The van der Waals surface area contributed by atoms with Gasteiger partial charge >= 0.3 is 5.69 Å². The van der Waals surface area contributed by atoms with Gasteiger partial charge in [-0.15, -0.1) is 0 Å². The van der Waals surface area contributed by atoms with Gasteiger partial charge in [-0.1, -0.05) is 23.7 Å². The minimum atomic E-state index is -0.674. The van der Waals surface area contributed by atoms with Crippen LogP contribution in [0, 0.1) is 10.1 Å². The maximum atomic E-state index is 11.8. The van der Waals surface area contributed by atoms with E-state index in [4.69, 9.17) is 16.3 Å². The Morgan fingerprint density at radius 3 is 2.75 bits per heavy atom. The van der Waals surface area contributed by atoms with Crippen LogP contribution in [-0.2, 0) is 11.3 Å². The van der Waals surface area contributed by atoms with Gasteiger partial charge in [-0.25, -0.2) is 0 Å². The van der Waals surface area contributed by atoms with Crippen molar-refractivity contribution in [3.8, 4) is 5.75 Å². The molecule has 1 amide bonds. The van der Waals surface area contributed by atoms with E-state index in [9.17, 15) is 19.7 Å². The lowest BCUT2D eigenvalue weighted by Crippen LogP contribution is -2.28. The summed E-state index contributed by atoms with van der Waals surface area (Å²) in [6.45, 7) is -0.128. The number of ether oxygens (including phenoxy) is 1. The second-order valence-electron chi connectivity index (χ2n) is 4.80. The monoisotopic (exact) mass is 348 g/mol. The van der Waals surface area contributed by atoms with Crippen LogP contribution in [0.2, 0.25) is 5.02 Å². The fourth-order valence-electron chi connectivity index (χ4n) is 1.91. The molecule has 0 atom stereocenters. The lowest BCUT2D eigenvalue weighted by atomic mass is 10.2. The van der Waals surface area contributed by atoms with E-state index in [1.807, 2.05) is 0 Å². The molecular formula is C16H13ClN2O5. The van der Waals surface area contributed by atoms with Crippen molar-refractivity contribution in [2.24, 2.45) is 0 Å². The molecular weight excluding hydrogens is 336 g/mol. The first-order valence-electron chi connectivity index (χ1n) is 6.87. The molecule has 0 spiro atoms. The topological polar surface area (TPSA) is 98.5 Å². The minimum Gasteiger partial charge on any atom is -0.477 e. The summed E-state index contributed by atoms with van der Waals surface area (Å²) in [5.41, 5.74) is 0.596. The smallest absolute Gasteiger partial charge is 0.311 e. The van der Waals surface area contributed by atoms with Crippen LogP contribution in [0.5, 0.6) is 5.75 Å². The Kier molecular flexibility index (Phi) is 5.86. The van der Waals surface area contributed by atoms with Gasteiger partial charge in [0.2, 0.25) is 0 Å². The summed E-state index contributed by atoms with van der Waals surface area (Å²) in [7, 11) is 0. The van der Waals surface area contributed by atoms with Crippen molar-refractivity contribution in [3.05, 3.63) is 68.7 Å². The summed E-state index contributed by atoms with van der Waals surface area (Å²) in [6, 6.07) is 10.7. The average molecular weight is 349 g/mol. The highest BCUT2D eigenvalue weighted by molar-refractivity contribution is 6.30. The van der Waals surface area contributed by atoms with Gasteiger partial charge in [-0.05, 0) is 29.8 Å². The number of hydrogen-bond acceptors (Lipinski definition) is 5. The van der Waals surface area contributed by atoms with Crippen LogP contribution in [0.25, 0.3) is 0 Å². The van der Waals surface area contributed by atoms with Crippen molar-refractivity contribution in [2.75, 3.05) is 6.61 Å². The quantitative estimate of drug-likeness (QED) is 0.471. The van der Waals surface area contributed by atoms with Gasteiger partial charge in [-0.2, -0.15) is 0 Å². The molecule has 0 bridgehead atoms. The Morgan fingerprint density at radius 2 is 2.08 bits per heavy atom. The van der Waals surface area contributed by atoms with Crippen molar-refractivity contribution < 1.29 is 19.2 Å². The summed E-state index contributed by atoms with van der Waals surface area (Å²) < 4.78 is 5.18. The van der Waals surface area contributed by atoms with Crippen LogP contribution < -0.4 is 10.1 Å². The molecule has 0 aliphatic rings. The number of halogens is 1. The number of benzene rings is 2. The van der Waals surface area contributed by atoms with Gasteiger partial charge in [0.05, 0.1) is 4.92 Å². The molecule has 0 aromatic heterocycles. The second kappa shape index (κ2) is 8.07. The first kappa shape index (κ1) is 17.4. The maximum Gasteiger partial charge on any atom is 0.311 e. The zero-order chi connectivity index (χ0) is 17.5. The number of nitrogens with zero attached hydrogens (tertiary/aromatic N) is 1. The van der Waals surface area contributed by atoms with E-state index in [-0.39, 0.29) is 30.2 Å². The maximum absolute atomic E-state index is 11.8. The molecule has 0 radical (unpaired) electrons. The molecule has 2 aromatic carbocycles. The van der Waals surface area contributed by atoms with E-state index in [0.29, 0.717) is 11.3 Å². The minimum absolute atomic E-state index is 0.0801. The molecule has 0 saturated carbocycles. The third-order valence-corrected chi connectivity index (χ3v) is 3.29. The van der Waals surface area contributed by atoms with Crippen LogP contribution in [0.3, 0.4) is 0 Å². The molecule has 0 saturated heterocycles. The summed E-state index contributed by atoms with van der Waals surface area (Å²) in [6.07, 6.45) is 0.495. The number of carbonyl (C=O) groups excluding carboxylic acids is 2. The van der Waals surface area contributed by atoms with Crippen LogP contribution >= 0.6 is 11.6 Å². The fourth-order valence-corrected chi connectivity index (χ4v) is 2.13. The Balaban J connectivity index is 1.94. The number of nitro benzene ring substituents is 1. The molecule has 2 rings (SSSR count). The van der Waals surface area contributed by atoms with Gasteiger partial charge in [0.1, 0.15) is 6.29 Å². The first-order valence-corrected chi connectivity index (χ1v) is 7.25. The fraction of sp³-hybridized carbons (Fsp3) is 0.125. The largest absolute Gasteiger partial charge is 0.477 e. The molecule has 124 valence electrons. The number of carbonyl (C=O) groups is 2. The number of rotatable bonds is 7. The highest BCUT2D eigenvalue weighted by atomic mass is 35.5. The molecule has 1 N–H and O–H groups in total. The summed E-state index contributed by atoms with van der Waals surface area (Å²) in [5, 5.41) is 14.2. The highest BCUT2D eigenvalue weighted by Gasteiger charge is 2.17. The first-order chi connectivity index (χ1) is 11.5. The molecule has 0 aliphatic carbocycles. The molecule has 24 heavy (non-hydrogen) atoms. The van der Waals surface area contributed by atoms with E-state index in [1.54, 1.807) is 24.3 Å². The van der Waals surface area contributed by atoms with Crippen LogP contribution in [0.1, 0.15) is 15.9 Å². The molecule has 7 nitrogen and oxygen atoms in total. The second-order valence-corrected chi connectivity index (χ2v) is 5.23. The van der Waals surface area contributed by atoms with Gasteiger partial charge in [0, 0.05) is 23.2 Å². The Labute approximate surface area is 142 Å². The van der Waals surface area contributed by atoms with Crippen molar-refractivity contribution in [1.29, 1.82) is 0 Å². The lowest BCUT2D eigenvalue weighted by molar-refractivity contribution is -0.385. The third-order valence-electron chi connectivity index (χ3n) is 3.05. The lowest BCUT2D eigenvalue weighted by Gasteiger charge is -2.08. The predicted octanol–water partition coefficient (Wildman–Crippen LogP) is 2.76. The molecule has 0 fully saturated rings. The molecule has 2 aromatic rings. The predicted molar refractivity (Wildman–Crippen MR) is 87.3 cm³/mol. The number of nitrogens with one attached hydrogen (secondary N) is 1. The van der Waals surface area contributed by atoms with Gasteiger partial charge in [-0.3, -0.25) is 19.7 Å². The van der Waals surface area contributed by atoms with Gasteiger partial charge in [0.25, 0.3) is 5.91 Å². The zero-order valence-electron chi connectivity index (χ0n) is 12.4. The summed E-state index contributed by atoms with van der Waals surface area (Å²) in [4.78, 5) is 32.7. The molecule has 0 unspecified atom stereocenters. The molecule has 8 heteroatoms. The van der Waals surface area contributed by atoms with Crippen molar-refractivity contribution in [3.63, 3.8) is 0 Å². The summed E-state index contributed by atoms with van der Waals surface area (Å²) in [5.74, 6) is -0.521. The average Bonchev–Trinajstić information content (AvgIpc) is 2.58.